The van der Waals surface area contributed by atoms with Crippen LogP contribution in [0.15, 0.2) is 72.0 Å². The summed E-state index contributed by atoms with van der Waals surface area (Å²) in [6.45, 7) is 9.84. The second-order valence-electron chi connectivity index (χ2n) is 10.3. The van der Waals surface area contributed by atoms with Crippen LogP contribution in [0.5, 0.6) is 5.88 Å². The van der Waals surface area contributed by atoms with Gasteiger partial charge in [0.1, 0.15) is 40.4 Å². The summed E-state index contributed by atoms with van der Waals surface area (Å²) < 4.78 is 61.3. The van der Waals surface area contributed by atoms with Gasteiger partial charge in [0.2, 0.25) is 18.3 Å². The van der Waals surface area contributed by atoms with Crippen molar-refractivity contribution in [2.24, 2.45) is 0 Å². The molecule has 1 fully saturated rings. The first kappa shape index (κ1) is 31.9. The molecule has 46 heavy (non-hydrogen) atoms. The number of amides is 1. The number of sulfonamides is 1. The van der Waals surface area contributed by atoms with E-state index in [0.29, 0.717) is 53.5 Å². The number of nitrogens with zero attached hydrogens (tertiary/aromatic N) is 6. The van der Waals surface area contributed by atoms with E-state index in [9.17, 15) is 26.8 Å². The smallest absolute Gasteiger partial charge is 0.264 e. The summed E-state index contributed by atoms with van der Waals surface area (Å²) in [4.78, 5) is 43.5. The number of benzene rings is 2. The number of rotatable bonds is 9. The van der Waals surface area contributed by atoms with Crippen molar-refractivity contribution in [2.75, 3.05) is 42.9 Å². The molecule has 0 unspecified atom stereocenters. The Balaban J connectivity index is 1.48. The number of aromatic nitrogens is 3. The predicted octanol–water partition coefficient (Wildman–Crippen LogP) is 3.86. The van der Waals surface area contributed by atoms with Gasteiger partial charge in [-0.1, -0.05) is 6.07 Å². The van der Waals surface area contributed by atoms with E-state index in [4.69, 9.17) is 11.3 Å². The molecule has 0 radical (unpaired) electrons. The second-order valence-corrected chi connectivity index (χ2v) is 12.0. The van der Waals surface area contributed by atoms with Crippen LogP contribution in [0.1, 0.15) is 6.92 Å². The maximum Gasteiger partial charge on any atom is 0.264 e. The minimum Gasteiger partial charge on any atom is -0.480 e. The molecule has 1 amide bonds. The van der Waals surface area contributed by atoms with Gasteiger partial charge in [-0.05, 0) is 48.9 Å². The van der Waals surface area contributed by atoms with Gasteiger partial charge < -0.3 is 19.4 Å². The number of carbonyl (C=O) groups excluding carboxylic acids is 2. The molecule has 236 valence electrons. The number of hydrogen-bond donors (Lipinski definition) is 1. The Bertz CT molecular complexity index is 2020. The van der Waals surface area contributed by atoms with Crippen molar-refractivity contribution in [1.82, 2.24) is 19.9 Å². The van der Waals surface area contributed by atoms with Crippen LogP contribution in [0.2, 0.25) is 0 Å². The largest absolute Gasteiger partial charge is 0.480 e. The fraction of sp³-hybridized carbons (Fsp3) is 0.226. The van der Waals surface area contributed by atoms with Crippen molar-refractivity contribution in [3.05, 3.63) is 90.2 Å². The third kappa shape index (κ3) is 6.76. The van der Waals surface area contributed by atoms with E-state index in [1.54, 1.807) is 17.0 Å². The Morgan fingerprint density at radius 3 is 2.61 bits per heavy atom. The molecule has 0 aliphatic carbocycles. The van der Waals surface area contributed by atoms with Crippen molar-refractivity contribution in [1.29, 1.82) is 0 Å². The Hall–Kier alpha value is -5.49. The first-order valence-corrected chi connectivity index (χ1v) is 15.3. The summed E-state index contributed by atoms with van der Waals surface area (Å²) in [6.07, 6.45) is 5.32. The summed E-state index contributed by atoms with van der Waals surface area (Å²) in [7, 11) is -3.19. The van der Waals surface area contributed by atoms with Gasteiger partial charge in [-0.3, -0.25) is 14.3 Å². The molecular weight excluding hydrogens is 620 g/mol. The molecule has 4 aromatic rings. The summed E-state index contributed by atoms with van der Waals surface area (Å²) >= 11 is 0. The zero-order chi connectivity index (χ0) is 33.0. The number of hydrogen-bond acceptors (Lipinski definition) is 9. The molecule has 15 heteroatoms. The molecule has 1 aliphatic rings. The van der Waals surface area contributed by atoms with Crippen molar-refractivity contribution < 1.29 is 31.5 Å². The number of nitrogens with one attached hydrogen (secondary N) is 1. The first-order chi connectivity index (χ1) is 22.0. The topological polar surface area (TPSA) is 139 Å². The van der Waals surface area contributed by atoms with Gasteiger partial charge >= 0.3 is 0 Å². The van der Waals surface area contributed by atoms with Crippen LogP contribution < -0.4 is 14.4 Å². The molecule has 1 saturated heterocycles. The number of pyridine rings is 1. The zero-order valence-corrected chi connectivity index (χ0v) is 25.5. The highest BCUT2D eigenvalue weighted by molar-refractivity contribution is 7.92. The number of piperazine rings is 1. The molecule has 2 aromatic carbocycles. The van der Waals surface area contributed by atoms with E-state index in [0.717, 1.165) is 12.1 Å². The number of methoxy groups -OCH3 is 1. The average molecular weight is 648 g/mol. The lowest BCUT2D eigenvalue weighted by Crippen LogP contribution is -2.56. The molecule has 5 rings (SSSR count). The number of ketones is 1. The van der Waals surface area contributed by atoms with Crippen LogP contribution in [-0.4, -0.2) is 79.3 Å². The molecule has 1 atom stereocenters. The zero-order valence-electron chi connectivity index (χ0n) is 24.6. The predicted molar refractivity (Wildman–Crippen MR) is 165 cm³/mol. The van der Waals surface area contributed by atoms with E-state index in [1.165, 1.54) is 44.8 Å². The fourth-order valence-electron chi connectivity index (χ4n) is 5.10. The lowest BCUT2D eigenvalue weighted by molar-refractivity contribution is -0.128. The number of halogens is 2. The van der Waals surface area contributed by atoms with E-state index in [2.05, 4.69) is 24.5 Å². The Labute approximate surface area is 263 Å². The molecule has 2 aromatic heterocycles. The van der Waals surface area contributed by atoms with Gasteiger partial charge in [0.15, 0.2) is 5.78 Å². The molecule has 12 nitrogen and oxygen atoms in total. The van der Waals surface area contributed by atoms with E-state index in [-0.39, 0.29) is 29.8 Å². The molecular formula is C31H27F2N7O5S. The van der Waals surface area contributed by atoms with Gasteiger partial charge in [0, 0.05) is 48.9 Å². The van der Waals surface area contributed by atoms with Crippen LogP contribution in [0, 0.1) is 18.2 Å². The minimum absolute atomic E-state index is 0.0580. The second kappa shape index (κ2) is 13.2. The summed E-state index contributed by atoms with van der Waals surface area (Å²) in [6, 6.07) is 8.50. The standard InChI is InChI=1S/C31H27F2N7O5S/c1-19(41)4-9-29(42)40-11-10-39(17-23(40)16-34-2)30-24-12-20(5-7-26(24)36-18-37-30)21-13-27(31(45-3)35-15-21)38-46(43,44)28-8-6-22(32)14-25(28)33/h4-9,12-15,18,23,38H,10-11,16-17H2,1,3H3/b9-4+/t23-/m0/s1. The highest BCUT2D eigenvalue weighted by Gasteiger charge is 2.33. The van der Waals surface area contributed by atoms with Crippen molar-refractivity contribution in [3.8, 4) is 17.0 Å². The third-order valence-corrected chi connectivity index (χ3v) is 8.65. The SMILES string of the molecule is [C-]#[N+]C[C@H]1CN(c2ncnc3ccc(-c4cnc(OC)c(NS(=O)(=O)c5ccc(F)cc5F)c4)cc23)CCN1C(=O)/C=C/C(C)=O. The highest BCUT2D eigenvalue weighted by atomic mass is 32.2. The van der Waals surface area contributed by atoms with Gasteiger partial charge in [-0.25, -0.2) is 38.7 Å². The lowest BCUT2D eigenvalue weighted by atomic mass is 10.0. The summed E-state index contributed by atoms with van der Waals surface area (Å²) in [5, 5.41) is 0.657. The Kier molecular flexibility index (Phi) is 9.19. The molecule has 3 heterocycles. The number of ether oxygens (including phenoxy) is 1. The van der Waals surface area contributed by atoms with Gasteiger partial charge in [0.05, 0.1) is 12.6 Å². The molecule has 0 saturated carbocycles. The quantitative estimate of drug-likeness (QED) is 0.212. The van der Waals surface area contributed by atoms with E-state index >= 15 is 0 Å². The van der Waals surface area contributed by atoms with E-state index in [1.807, 2.05) is 11.0 Å². The van der Waals surface area contributed by atoms with Crippen LogP contribution in [0.3, 0.4) is 0 Å². The van der Waals surface area contributed by atoms with Gasteiger partial charge in [0.25, 0.3) is 10.0 Å². The Morgan fingerprint density at radius 2 is 1.89 bits per heavy atom. The fourth-order valence-corrected chi connectivity index (χ4v) is 6.21. The summed E-state index contributed by atoms with van der Waals surface area (Å²) in [5.41, 5.74) is 1.64. The number of carbonyl (C=O) groups is 2. The maximum atomic E-state index is 14.3. The maximum absolute atomic E-state index is 14.3. The third-order valence-electron chi connectivity index (χ3n) is 7.25. The van der Waals surface area contributed by atoms with Crippen LogP contribution in [-0.2, 0) is 19.6 Å². The molecule has 1 aliphatic heterocycles. The van der Waals surface area contributed by atoms with Crippen molar-refractivity contribution >= 4 is 44.1 Å². The van der Waals surface area contributed by atoms with Crippen LogP contribution in [0.4, 0.5) is 20.3 Å². The number of fused-ring (bicyclic) bond motifs is 1. The molecule has 1 N–H and O–H groups in total. The average Bonchev–Trinajstić information content (AvgIpc) is 3.02. The van der Waals surface area contributed by atoms with Crippen molar-refractivity contribution in [2.45, 2.75) is 17.9 Å². The van der Waals surface area contributed by atoms with Crippen LogP contribution in [0.25, 0.3) is 26.9 Å². The van der Waals surface area contributed by atoms with Gasteiger partial charge in [-0.15, -0.1) is 0 Å². The summed E-state index contributed by atoms with van der Waals surface area (Å²) in [5.74, 6) is -2.28. The van der Waals surface area contributed by atoms with Gasteiger partial charge in [-0.2, -0.15) is 0 Å². The highest BCUT2D eigenvalue weighted by Crippen LogP contribution is 2.34. The molecule has 0 bridgehead atoms. The normalized spacial score (nSPS) is 15.2. The van der Waals surface area contributed by atoms with Crippen LogP contribution >= 0.6 is 0 Å². The first-order valence-electron chi connectivity index (χ1n) is 13.8. The lowest BCUT2D eigenvalue weighted by Gasteiger charge is -2.39. The van der Waals surface area contributed by atoms with E-state index < -0.39 is 32.6 Å². The van der Waals surface area contributed by atoms with Crippen molar-refractivity contribution in [3.63, 3.8) is 0 Å². The molecule has 0 spiro atoms. The Morgan fingerprint density at radius 1 is 1.09 bits per heavy atom. The number of allylic oxidation sites excluding steroid dienone is 1. The minimum atomic E-state index is -4.49. The number of anilines is 2. The monoisotopic (exact) mass is 647 g/mol.